The Morgan fingerprint density at radius 1 is 1.35 bits per heavy atom. The molecule has 5 heteroatoms. The summed E-state index contributed by atoms with van der Waals surface area (Å²) in [7, 11) is 0. The first-order valence-corrected chi connectivity index (χ1v) is 7.27. The van der Waals surface area contributed by atoms with Crippen molar-refractivity contribution in [2.45, 2.75) is 51.0 Å². The van der Waals surface area contributed by atoms with Gasteiger partial charge in [-0.1, -0.05) is 25.7 Å². The van der Waals surface area contributed by atoms with Crippen LogP contribution in [0.2, 0.25) is 0 Å². The van der Waals surface area contributed by atoms with Gasteiger partial charge in [-0.15, -0.1) is 0 Å². The maximum Gasteiger partial charge on any atom is 0.319 e. The Hall–Kier alpha value is -1.62. The van der Waals surface area contributed by atoms with Crippen LogP contribution in [0.15, 0.2) is 18.3 Å². The maximum absolute atomic E-state index is 11.8. The van der Waals surface area contributed by atoms with Crippen molar-refractivity contribution >= 4 is 11.7 Å². The fraction of sp³-hybridized carbons (Fsp3) is 0.600. The molecule has 2 rings (SSSR count). The van der Waals surface area contributed by atoms with E-state index < -0.39 is 5.60 Å². The lowest BCUT2D eigenvalue weighted by Gasteiger charge is -2.26. The summed E-state index contributed by atoms with van der Waals surface area (Å²) in [6, 6.07) is 3.26. The van der Waals surface area contributed by atoms with Gasteiger partial charge < -0.3 is 15.7 Å². The summed E-state index contributed by atoms with van der Waals surface area (Å²) in [5.74, 6) is 0. The molecule has 0 unspecified atom stereocenters. The fourth-order valence-electron chi connectivity index (χ4n) is 2.61. The molecule has 1 heterocycles. The van der Waals surface area contributed by atoms with E-state index in [-0.39, 0.29) is 6.03 Å². The summed E-state index contributed by atoms with van der Waals surface area (Å²) in [6.07, 6.45) is 7.59. The fourth-order valence-corrected chi connectivity index (χ4v) is 2.61. The molecular weight excluding hydrogens is 254 g/mol. The first-order valence-electron chi connectivity index (χ1n) is 7.27. The van der Waals surface area contributed by atoms with E-state index in [1.165, 1.54) is 12.8 Å². The van der Waals surface area contributed by atoms with Gasteiger partial charge in [0.05, 0.1) is 5.60 Å². The third-order valence-corrected chi connectivity index (χ3v) is 3.77. The number of hydrogen-bond acceptors (Lipinski definition) is 3. The topological polar surface area (TPSA) is 74.2 Å². The van der Waals surface area contributed by atoms with Crippen LogP contribution in [-0.4, -0.2) is 28.3 Å². The Kier molecular flexibility index (Phi) is 4.95. The number of anilines is 1. The molecular formula is C15H23N3O2. The van der Waals surface area contributed by atoms with Gasteiger partial charge in [0.15, 0.2) is 0 Å². The average Bonchev–Trinajstić information content (AvgIpc) is 2.62. The van der Waals surface area contributed by atoms with Crippen molar-refractivity contribution in [3.63, 3.8) is 0 Å². The van der Waals surface area contributed by atoms with Crippen LogP contribution in [0.4, 0.5) is 10.5 Å². The van der Waals surface area contributed by atoms with Gasteiger partial charge in [-0.2, -0.15) is 0 Å². The lowest BCUT2D eigenvalue weighted by atomic mass is 9.95. The minimum atomic E-state index is -0.748. The van der Waals surface area contributed by atoms with Gasteiger partial charge in [-0.05, 0) is 31.9 Å². The zero-order valence-corrected chi connectivity index (χ0v) is 12.0. The van der Waals surface area contributed by atoms with Crippen molar-refractivity contribution in [3.8, 4) is 0 Å². The van der Waals surface area contributed by atoms with Crippen LogP contribution in [0.5, 0.6) is 0 Å². The van der Waals surface area contributed by atoms with Crippen LogP contribution in [0.3, 0.4) is 0 Å². The van der Waals surface area contributed by atoms with Crippen LogP contribution in [-0.2, 0) is 0 Å². The van der Waals surface area contributed by atoms with E-state index in [1.54, 1.807) is 18.3 Å². The summed E-state index contributed by atoms with van der Waals surface area (Å²) in [6.45, 7) is 2.18. The molecule has 0 aromatic carbocycles. The normalized spacial score (nSPS) is 18.1. The van der Waals surface area contributed by atoms with Gasteiger partial charge >= 0.3 is 6.03 Å². The number of nitrogens with zero attached hydrogens (tertiary/aromatic N) is 1. The van der Waals surface area contributed by atoms with Crippen LogP contribution in [0.1, 0.15) is 44.2 Å². The Labute approximate surface area is 119 Å². The van der Waals surface area contributed by atoms with E-state index in [0.29, 0.717) is 12.2 Å². The van der Waals surface area contributed by atoms with Gasteiger partial charge in [-0.25, -0.2) is 4.79 Å². The van der Waals surface area contributed by atoms with Crippen molar-refractivity contribution in [2.24, 2.45) is 0 Å². The lowest BCUT2D eigenvalue weighted by Crippen LogP contribution is -2.44. The second kappa shape index (κ2) is 6.70. The van der Waals surface area contributed by atoms with Gasteiger partial charge in [-0.3, -0.25) is 4.98 Å². The zero-order chi connectivity index (χ0) is 14.4. The molecule has 0 saturated heterocycles. The number of rotatable bonds is 3. The molecule has 1 aromatic heterocycles. The number of carbonyl (C=O) groups excluding carboxylic acids is 1. The Morgan fingerprint density at radius 3 is 2.70 bits per heavy atom. The summed E-state index contributed by atoms with van der Waals surface area (Å²) in [5.41, 5.74) is 0.815. The van der Waals surface area contributed by atoms with Gasteiger partial charge in [0.25, 0.3) is 0 Å². The molecule has 0 atom stereocenters. The highest BCUT2D eigenvalue weighted by atomic mass is 16.3. The third kappa shape index (κ3) is 4.49. The monoisotopic (exact) mass is 277 g/mol. The minimum Gasteiger partial charge on any atom is -0.388 e. The number of carbonyl (C=O) groups is 1. The molecule has 20 heavy (non-hydrogen) atoms. The van der Waals surface area contributed by atoms with E-state index >= 15 is 0 Å². The largest absolute Gasteiger partial charge is 0.388 e. The third-order valence-electron chi connectivity index (χ3n) is 3.77. The van der Waals surface area contributed by atoms with Gasteiger partial charge in [0.2, 0.25) is 0 Å². The van der Waals surface area contributed by atoms with Crippen LogP contribution in [0.25, 0.3) is 0 Å². The number of hydrogen-bond donors (Lipinski definition) is 3. The summed E-state index contributed by atoms with van der Waals surface area (Å²) < 4.78 is 0. The van der Waals surface area contributed by atoms with Crippen LogP contribution in [0, 0.1) is 6.92 Å². The summed E-state index contributed by atoms with van der Waals surface area (Å²) in [5, 5.41) is 16.0. The molecule has 1 aliphatic rings. The number of aliphatic hydroxyl groups is 1. The highest BCUT2D eigenvalue weighted by Gasteiger charge is 2.28. The molecule has 3 N–H and O–H groups in total. The van der Waals surface area contributed by atoms with E-state index in [4.69, 9.17) is 0 Å². The first kappa shape index (κ1) is 14.8. The second-order valence-corrected chi connectivity index (χ2v) is 5.63. The average molecular weight is 277 g/mol. The molecule has 5 nitrogen and oxygen atoms in total. The number of amides is 2. The van der Waals surface area contributed by atoms with Crippen molar-refractivity contribution < 1.29 is 9.90 Å². The first-order chi connectivity index (χ1) is 9.57. The number of nitrogens with one attached hydrogen (secondary N) is 2. The number of pyridine rings is 1. The van der Waals surface area contributed by atoms with E-state index in [9.17, 15) is 9.90 Å². The lowest BCUT2D eigenvalue weighted by molar-refractivity contribution is 0.0281. The van der Waals surface area contributed by atoms with Crippen molar-refractivity contribution in [1.29, 1.82) is 0 Å². The predicted octanol–water partition coefficient (Wildman–Crippen LogP) is 2.60. The molecule has 2 amide bonds. The Balaban J connectivity index is 1.82. The number of urea groups is 1. The Bertz CT molecular complexity index is 454. The highest BCUT2D eigenvalue weighted by molar-refractivity contribution is 5.89. The predicted molar refractivity (Wildman–Crippen MR) is 78.6 cm³/mol. The van der Waals surface area contributed by atoms with E-state index in [1.807, 2.05) is 6.92 Å². The second-order valence-electron chi connectivity index (χ2n) is 5.63. The highest BCUT2D eigenvalue weighted by Crippen LogP contribution is 2.26. The van der Waals surface area contributed by atoms with Crippen LogP contribution < -0.4 is 10.6 Å². The molecule has 0 spiro atoms. The molecule has 110 valence electrons. The Morgan fingerprint density at radius 2 is 2.05 bits per heavy atom. The van der Waals surface area contributed by atoms with Crippen molar-refractivity contribution in [2.75, 3.05) is 11.9 Å². The molecule has 0 bridgehead atoms. The van der Waals surface area contributed by atoms with E-state index in [0.717, 1.165) is 31.4 Å². The minimum absolute atomic E-state index is 0.284. The van der Waals surface area contributed by atoms with Crippen LogP contribution >= 0.6 is 0 Å². The molecule has 0 radical (unpaired) electrons. The molecule has 1 saturated carbocycles. The van der Waals surface area contributed by atoms with Gasteiger partial charge in [0.1, 0.15) is 0 Å². The smallest absolute Gasteiger partial charge is 0.319 e. The van der Waals surface area contributed by atoms with E-state index in [2.05, 4.69) is 15.6 Å². The zero-order valence-electron chi connectivity index (χ0n) is 12.0. The van der Waals surface area contributed by atoms with Crippen molar-refractivity contribution in [1.82, 2.24) is 10.3 Å². The standard InChI is InChI=1S/C15H23N3O2/c1-12-10-13(6-9-16-12)18-14(19)17-11-15(20)7-4-2-3-5-8-15/h6,9-10,20H,2-5,7-8,11H2,1H3,(H2,16,17,18,19). The number of aromatic nitrogens is 1. The van der Waals surface area contributed by atoms with Gasteiger partial charge in [0, 0.05) is 24.1 Å². The number of aryl methyl sites for hydroxylation is 1. The van der Waals surface area contributed by atoms with Crippen molar-refractivity contribution in [3.05, 3.63) is 24.0 Å². The maximum atomic E-state index is 11.8. The molecule has 1 fully saturated rings. The SMILES string of the molecule is Cc1cc(NC(=O)NCC2(O)CCCCCC2)ccn1. The molecule has 0 aliphatic heterocycles. The quantitative estimate of drug-likeness (QED) is 0.743. The summed E-state index contributed by atoms with van der Waals surface area (Å²) in [4.78, 5) is 15.9. The molecule has 1 aliphatic carbocycles. The summed E-state index contributed by atoms with van der Waals surface area (Å²) >= 11 is 0. The molecule has 1 aromatic rings.